The first-order valence-corrected chi connectivity index (χ1v) is 12.0. The number of aryl methyl sites for hydroxylation is 1. The van der Waals surface area contributed by atoms with Crippen molar-refractivity contribution in [1.82, 2.24) is 0 Å². The summed E-state index contributed by atoms with van der Waals surface area (Å²) < 4.78 is 5.09. The molecule has 0 bridgehead atoms. The van der Waals surface area contributed by atoms with Crippen LogP contribution < -0.4 is 0 Å². The highest BCUT2D eigenvalue weighted by Gasteiger charge is 2.47. The van der Waals surface area contributed by atoms with Gasteiger partial charge in [0.2, 0.25) is 0 Å². The van der Waals surface area contributed by atoms with Crippen molar-refractivity contribution in [3.8, 4) is 0 Å². The number of aliphatic hydroxyl groups excluding tert-OH is 5. The lowest BCUT2D eigenvalue weighted by Crippen LogP contribution is -2.46. The molecule has 0 amide bonds. The summed E-state index contributed by atoms with van der Waals surface area (Å²) in [5, 5.41) is 52.5. The van der Waals surface area contributed by atoms with Crippen LogP contribution >= 0.6 is 0 Å². The smallest absolute Gasteiger partial charge is 0.306 e. The number of carbonyl (C=O) groups excluding carboxylic acids is 1. The maximum absolute atomic E-state index is 11.6. The van der Waals surface area contributed by atoms with Crippen molar-refractivity contribution < 1.29 is 35.1 Å². The highest BCUT2D eigenvalue weighted by Crippen LogP contribution is 2.39. The largest absolute Gasteiger partial charge is 0.463 e. The quantitative estimate of drug-likeness (QED) is 0.172. The number of rotatable bonds is 13. The second-order valence-corrected chi connectivity index (χ2v) is 9.32. The van der Waals surface area contributed by atoms with Crippen LogP contribution in [0.4, 0.5) is 0 Å². The Morgan fingerprint density at radius 3 is 2.45 bits per heavy atom. The summed E-state index contributed by atoms with van der Waals surface area (Å²) >= 11 is 0. The molecule has 0 radical (unpaired) electrons. The molecule has 0 saturated heterocycles. The van der Waals surface area contributed by atoms with Gasteiger partial charge in [0.15, 0.2) is 0 Å². The molecular formula is C26H40O7. The van der Waals surface area contributed by atoms with Crippen molar-refractivity contribution in [2.75, 3.05) is 0 Å². The van der Waals surface area contributed by atoms with E-state index in [4.69, 9.17) is 4.74 Å². The Morgan fingerprint density at radius 2 is 1.79 bits per heavy atom. The Kier molecular flexibility index (Phi) is 11.5. The number of hydrogen-bond donors (Lipinski definition) is 5. The van der Waals surface area contributed by atoms with Gasteiger partial charge in [-0.3, -0.25) is 4.79 Å². The molecule has 0 spiro atoms. The zero-order valence-corrected chi connectivity index (χ0v) is 19.7. The lowest BCUT2D eigenvalue weighted by molar-refractivity contribution is -0.147. The fourth-order valence-corrected chi connectivity index (χ4v) is 4.56. The molecule has 33 heavy (non-hydrogen) atoms. The van der Waals surface area contributed by atoms with Crippen LogP contribution in [0.2, 0.25) is 0 Å². The van der Waals surface area contributed by atoms with E-state index in [1.54, 1.807) is 0 Å². The lowest BCUT2D eigenvalue weighted by atomic mass is 9.82. The summed E-state index contributed by atoms with van der Waals surface area (Å²) in [7, 11) is 0. The standard InChI is InChI=1S/C26H40O7/c1-17(2)33-23(30)13-9-4-3-8-12-19-21(28)16-22(29)24(19)26(32)25(31)20(27)15-14-18-10-6-5-7-11-18/h3,5-8,10-11,17,19-22,24-29,31-32H,4,9,12-16H2,1-2H3/b8-3-/t19-,20+,21-,22+,24+,25+,26-/m0/s1. The molecule has 0 aliphatic heterocycles. The van der Waals surface area contributed by atoms with Crippen molar-refractivity contribution in [3.63, 3.8) is 0 Å². The second-order valence-electron chi connectivity index (χ2n) is 9.32. The van der Waals surface area contributed by atoms with E-state index in [-0.39, 0.29) is 24.9 Å². The molecule has 7 nitrogen and oxygen atoms in total. The minimum atomic E-state index is -1.42. The van der Waals surface area contributed by atoms with Crippen LogP contribution in [0.25, 0.3) is 0 Å². The normalized spacial score (nSPS) is 25.9. The molecule has 2 rings (SSSR count). The Hall–Kier alpha value is -1.77. The summed E-state index contributed by atoms with van der Waals surface area (Å²) in [6.07, 6.45) is 0.994. The minimum Gasteiger partial charge on any atom is -0.463 e. The van der Waals surface area contributed by atoms with E-state index in [2.05, 4.69) is 0 Å². The number of allylic oxidation sites excluding steroid dienone is 2. The minimum absolute atomic E-state index is 0.119. The molecule has 1 saturated carbocycles. The Labute approximate surface area is 196 Å². The Morgan fingerprint density at radius 1 is 1.09 bits per heavy atom. The third kappa shape index (κ3) is 8.83. The first-order chi connectivity index (χ1) is 15.7. The monoisotopic (exact) mass is 464 g/mol. The zero-order valence-electron chi connectivity index (χ0n) is 19.7. The van der Waals surface area contributed by atoms with Crippen LogP contribution in [-0.4, -0.2) is 68.1 Å². The van der Waals surface area contributed by atoms with Gasteiger partial charge in [0.05, 0.1) is 30.5 Å². The van der Waals surface area contributed by atoms with Crippen LogP contribution in [0.5, 0.6) is 0 Å². The Bertz CT molecular complexity index is 721. The SMILES string of the molecule is CC(C)OC(=O)CCC/C=C\C[C@@H]1[C@@H]([C@H](O)[C@H](O)[C@H](O)CCc2ccccc2)[C@H](O)C[C@@H]1O. The zero-order chi connectivity index (χ0) is 24.4. The fourth-order valence-electron chi connectivity index (χ4n) is 4.56. The number of aliphatic hydroxyl groups is 5. The summed E-state index contributed by atoms with van der Waals surface area (Å²) in [5.41, 5.74) is 1.02. The van der Waals surface area contributed by atoms with Crippen LogP contribution in [-0.2, 0) is 16.0 Å². The lowest BCUT2D eigenvalue weighted by Gasteiger charge is -2.32. The number of unbranched alkanes of at least 4 members (excludes halogenated alkanes) is 1. The molecule has 1 aliphatic rings. The average Bonchev–Trinajstić information content (AvgIpc) is 3.06. The van der Waals surface area contributed by atoms with Gasteiger partial charge in [-0.25, -0.2) is 0 Å². The van der Waals surface area contributed by atoms with Gasteiger partial charge in [0, 0.05) is 12.3 Å². The average molecular weight is 465 g/mol. The number of benzene rings is 1. The Balaban J connectivity index is 1.84. The highest BCUT2D eigenvalue weighted by molar-refractivity contribution is 5.69. The molecule has 1 aliphatic carbocycles. The summed E-state index contributed by atoms with van der Waals surface area (Å²) in [4.78, 5) is 11.6. The van der Waals surface area contributed by atoms with Crippen molar-refractivity contribution >= 4 is 5.97 Å². The molecule has 5 N–H and O–H groups in total. The third-order valence-corrected chi connectivity index (χ3v) is 6.32. The summed E-state index contributed by atoms with van der Waals surface area (Å²) in [5.74, 6) is -1.41. The molecule has 1 fully saturated rings. The first kappa shape index (κ1) is 27.5. The molecule has 7 heteroatoms. The number of ether oxygens (including phenoxy) is 1. The third-order valence-electron chi connectivity index (χ3n) is 6.32. The van der Waals surface area contributed by atoms with Crippen molar-refractivity contribution in [3.05, 3.63) is 48.0 Å². The fraction of sp³-hybridized carbons (Fsp3) is 0.654. The first-order valence-electron chi connectivity index (χ1n) is 12.0. The van der Waals surface area contributed by atoms with Crippen molar-refractivity contribution in [2.24, 2.45) is 11.8 Å². The van der Waals surface area contributed by atoms with E-state index in [0.29, 0.717) is 32.1 Å². The van der Waals surface area contributed by atoms with Gasteiger partial charge in [-0.15, -0.1) is 0 Å². The maximum Gasteiger partial charge on any atom is 0.306 e. The highest BCUT2D eigenvalue weighted by atomic mass is 16.5. The number of carbonyl (C=O) groups is 1. The summed E-state index contributed by atoms with van der Waals surface area (Å²) in [6.45, 7) is 3.62. The topological polar surface area (TPSA) is 127 Å². The van der Waals surface area contributed by atoms with Crippen molar-refractivity contribution in [2.45, 2.75) is 95.4 Å². The van der Waals surface area contributed by atoms with E-state index < -0.39 is 42.4 Å². The van der Waals surface area contributed by atoms with Gasteiger partial charge in [-0.2, -0.15) is 0 Å². The summed E-state index contributed by atoms with van der Waals surface area (Å²) in [6, 6.07) is 9.57. The maximum atomic E-state index is 11.6. The molecule has 0 heterocycles. The van der Waals surface area contributed by atoms with Crippen LogP contribution in [0, 0.1) is 11.8 Å². The predicted octanol–water partition coefficient (Wildman–Crippen LogP) is 2.13. The van der Waals surface area contributed by atoms with Crippen LogP contribution in [0.1, 0.15) is 57.9 Å². The van der Waals surface area contributed by atoms with E-state index in [0.717, 1.165) is 5.56 Å². The number of esters is 1. The predicted molar refractivity (Wildman–Crippen MR) is 125 cm³/mol. The van der Waals surface area contributed by atoms with E-state index in [9.17, 15) is 30.3 Å². The number of hydrogen-bond acceptors (Lipinski definition) is 7. The van der Waals surface area contributed by atoms with Gasteiger partial charge in [0.1, 0.15) is 6.10 Å². The van der Waals surface area contributed by atoms with E-state index in [1.165, 1.54) is 0 Å². The van der Waals surface area contributed by atoms with E-state index in [1.807, 2.05) is 56.3 Å². The van der Waals surface area contributed by atoms with Gasteiger partial charge in [0.25, 0.3) is 0 Å². The molecule has 1 aromatic rings. The van der Waals surface area contributed by atoms with Gasteiger partial charge in [-0.05, 0) is 63.9 Å². The van der Waals surface area contributed by atoms with Gasteiger partial charge < -0.3 is 30.3 Å². The van der Waals surface area contributed by atoms with Gasteiger partial charge in [-0.1, -0.05) is 42.5 Å². The van der Waals surface area contributed by atoms with Gasteiger partial charge >= 0.3 is 5.97 Å². The molecule has 0 aromatic heterocycles. The molecular weight excluding hydrogens is 424 g/mol. The molecule has 1 aromatic carbocycles. The molecule has 0 unspecified atom stereocenters. The second kappa shape index (κ2) is 13.8. The van der Waals surface area contributed by atoms with Crippen LogP contribution in [0.15, 0.2) is 42.5 Å². The van der Waals surface area contributed by atoms with E-state index >= 15 is 0 Å². The molecule has 186 valence electrons. The van der Waals surface area contributed by atoms with Crippen LogP contribution in [0.3, 0.4) is 0 Å². The van der Waals surface area contributed by atoms with Crippen molar-refractivity contribution in [1.29, 1.82) is 0 Å². The molecule has 7 atom stereocenters.